The summed E-state index contributed by atoms with van der Waals surface area (Å²) in [6.45, 7) is 1.48. The van der Waals surface area contributed by atoms with Crippen molar-refractivity contribution < 1.29 is 19.2 Å². The van der Waals surface area contributed by atoms with Gasteiger partial charge in [-0.1, -0.05) is 29.4 Å². The number of hydrogen-bond donors (Lipinski definition) is 1. The van der Waals surface area contributed by atoms with Crippen LogP contribution in [0.4, 0.5) is 5.69 Å². The first-order chi connectivity index (χ1) is 12.1. The number of nitrogens with zero attached hydrogens (tertiary/aromatic N) is 1. The van der Waals surface area contributed by atoms with E-state index in [1.54, 1.807) is 31.4 Å². The third kappa shape index (κ3) is 3.68. The fourth-order valence-corrected chi connectivity index (χ4v) is 2.60. The number of oxime groups is 1. The number of anilines is 1. The van der Waals surface area contributed by atoms with Crippen molar-refractivity contribution in [1.82, 2.24) is 0 Å². The smallest absolute Gasteiger partial charge is 0.268 e. The second-order valence-electron chi connectivity index (χ2n) is 5.66. The molecular formula is C19H18N2O4. The van der Waals surface area contributed by atoms with Crippen molar-refractivity contribution >= 4 is 23.1 Å². The van der Waals surface area contributed by atoms with Gasteiger partial charge in [-0.2, -0.15) is 0 Å². The first-order valence-electron chi connectivity index (χ1n) is 7.86. The molecular weight excluding hydrogens is 320 g/mol. The highest BCUT2D eigenvalue weighted by molar-refractivity contribution is 6.07. The van der Waals surface area contributed by atoms with Gasteiger partial charge >= 0.3 is 0 Å². The molecule has 1 aliphatic rings. The van der Waals surface area contributed by atoms with Crippen LogP contribution in [0, 0.1) is 0 Å². The Kier molecular flexibility index (Phi) is 4.79. The van der Waals surface area contributed by atoms with Crippen LogP contribution in [0.3, 0.4) is 0 Å². The largest absolute Gasteiger partial charge is 0.496 e. The highest BCUT2D eigenvalue weighted by Gasteiger charge is 2.30. The van der Waals surface area contributed by atoms with Crippen LogP contribution in [-0.2, 0) is 9.63 Å². The normalized spacial score (nSPS) is 15.9. The van der Waals surface area contributed by atoms with Gasteiger partial charge < -0.3 is 14.9 Å². The minimum atomic E-state index is -0.721. The van der Waals surface area contributed by atoms with Crippen molar-refractivity contribution in [2.24, 2.45) is 5.16 Å². The monoisotopic (exact) mass is 338 g/mol. The minimum Gasteiger partial charge on any atom is -0.496 e. The molecule has 1 amide bonds. The van der Waals surface area contributed by atoms with Crippen molar-refractivity contribution in [3.05, 3.63) is 59.7 Å². The highest BCUT2D eigenvalue weighted by Crippen LogP contribution is 2.25. The number of rotatable bonds is 5. The van der Waals surface area contributed by atoms with E-state index < -0.39 is 6.10 Å². The van der Waals surface area contributed by atoms with Gasteiger partial charge in [-0.15, -0.1) is 0 Å². The Hall–Kier alpha value is -3.15. The van der Waals surface area contributed by atoms with Gasteiger partial charge in [0.2, 0.25) is 6.10 Å². The molecule has 1 N–H and O–H groups in total. The van der Waals surface area contributed by atoms with Gasteiger partial charge in [-0.05, 0) is 31.2 Å². The Labute approximate surface area is 145 Å². The van der Waals surface area contributed by atoms with Crippen molar-refractivity contribution in [1.29, 1.82) is 0 Å². The van der Waals surface area contributed by atoms with Crippen LogP contribution < -0.4 is 10.1 Å². The third-order valence-corrected chi connectivity index (χ3v) is 3.92. The van der Waals surface area contributed by atoms with E-state index in [4.69, 9.17) is 9.57 Å². The zero-order valence-corrected chi connectivity index (χ0v) is 14.0. The number of Topliss-reactive ketones (excluding diaryl/α,β-unsaturated/α-hetero) is 1. The molecule has 6 heteroatoms. The molecule has 0 unspecified atom stereocenters. The molecule has 0 radical (unpaired) electrons. The Morgan fingerprint density at radius 2 is 2.00 bits per heavy atom. The maximum atomic E-state index is 12.4. The van der Waals surface area contributed by atoms with Crippen molar-refractivity contribution in [2.45, 2.75) is 19.4 Å². The van der Waals surface area contributed by atoms with Crippen molar-refractivity contribution in [2.75, 3.05) is 12.4 Å². The molecule has 0 fully saturated rings. The summed E-state index contributed by atoms with van der Waals surface area (Å²) in [7, 11) is 1.58. The fraction of sp³-hybridized carbons (Fsp3) is 0.211. The summed E-state index contributed by atoms with van der Waals surface area (Å²) < 4.78 is 5.32. The maximum absolute atomic E-state index is 12.4. The molecule has 0 saturated carbocycles. The average Bonchev–Trinajstić information content (AvgIpc) is 3.12. The van der Waals surface area contributed by atoms with E-state index in [9.17, 15) is 9.59 Å². The SMILES string of the molecule is COc1ccccc1C1=NO[C@H](C(=O)Nc2cccc(C(C)=O)c2)C1. The number of nitrogens with one attached hydrogen (secondary N) is 1. The molecule has 3 rings (SSSR count). The molecule has 2 aromatic rings. The minimum absolute atomic E-state index is 0.0602. The van der Waals surface area contributed by atoms with Crippen LogP contribution >= 0.6 is 0 Å². The van der Waals surface area contributed by atoms with Crippen LogP contribution in [0.25, 0.3) is 0 Å². The van der Waals surface area contributed by atoms with Crippen LogP contribution in [0.1, 0.15) is 29.3 Å². The molecule has 0 saturated heterocycles. The molecule has 6 nitrogen and oxygen atoms in total. The molecule has 0 bridgehead atoms. The maximum Gasteiger partial charge on any atom is 0.268 e. The summed E-state index contributed by atoms with van der Waals surface area (Å²) in [4.78, 5) is 29.1. The van der Waals surface area contributed by atoms with E-state index in [2.05, 4.69) is 10.5 Å². The second-order valence-corrected chi connectivity index (χ2v) is 5.66. The second kappa shape index (κ2) is 7.17. The molecule has 0 aliphatic carbocycles. The molecule has 25 heavy (non-hydrogen) atoms. The molecule has 1 aliphatic heterocycles. The van der Waals surface area contributed by atoms with E-state index >= 15 is 0 Å². The summed E-state index contributed by atoms with van der Waals surface area (Å²) in [6, 6.07) is 14.2. The molecule has 1 heterocycles. The Bertz CT molecular complexity index is 845. The zero-order valence-electron chi connectivity index (χ0n) is 14.0. The van der Waals surface area contributed by atoms with Gasteiger partial charge in [0.25, 0.3) is 5.91 Å². The Morgan fingerprint density at radius 3 is 2.76 bits per heavy atom. The van der Waals surface area contributed by atoms with Crippen LogP contribution in [0.15, 0.2) is 53.7 Å². The van der Waals surface area contributed by atoms with E-state index in [0.29, 0.717) is 29.1 Å². The number of benzene rings is 2. The van der Waals surface area contributed by atoms with Gasteiger partial charge in [0, 0.05) is 23.2 Å². The summed E-state index contributed by atoms with van der Waals surface area (Å²) in [5.41, 5.74) is 2.55. The number of para-hydroxylation sites is 1. The number of ether oxygens (including phenoxy) is 1. The van der Waals surface area contributed by atoms with Gasteiger partial charge in [0.05, 0.1) is 12.8 Å². The van der Waals surface area contributed by atoms with Gasteiger partial charge in [-0.3, -0.25) is 9.59 Å². The van der Waals surface area contributed by atoms with Gasteiger partial charge in [-0.25, -0.2) is 0 Å². The first-order valence-corrected chi connectivity index (χ1v) is 7.86. The molecule has 0 aromatic heterocycles. The zero-order chi connectivity index (χ0) is 17.8. The van der Waals surface area contributed by atoms with E-state index in [0.717, 1.165) is 5.56 Å². The predicted molar refractivity (Wildman–Crippen MR) is 94.1 cm³/mol. The number of ketones is 1. The van der Waals surface area contributed by atoms with Crippen LogP contribution in [-0.4, -0.2) is 30.6 Å². The molecule has 2 aromatic carbocycles. The van der Waals surface area contributed by atoms with E-state index in [1.165, 1.54) is 6.92 Å². The number of carbonyl (C=O) groups is 2. The highest BCUT2D eigenvalue weighted by atomic mass is 16.6. The summed E-state index contributed by atoms with van der Waals surface area (Å²) in [5, 5.41) is 6.79. The third-order valence-electron chi connectivity index (χ3n) is 3.92. The summed E-state index contributed by atoms with van der Waals surface area (Å²) in [6.07, 6.45) is -0.376. The van der Waals surface area contributed by atoms with Crippen LogP contribution in [0.2, 0.25) is 0 Å². The lowest BCUT2D eigenvalue weighted by Gasteiger charge is -2.10. The van der Waals surface area contributed by atoms with Crippen molar-refractivity contribution in [3.8, 4) is 5.75 Å². The topological polar surface area (TPSA) is 77.0 Å². The van der Waals surface area contributed by atoms with Gasteiger partial charge in [0.1, 0.15) is 5.75 Å². The number of amides is 1. The molecule has 128 valence electrons. The van der Waals surface area contributed by atoms with Gasteiger partial charge in [0.15, 0.2) is 5.78 Å². The van der Waals surface area contributed by atoms with Crippen molar-refractivity contribution in [3.63, 3.8) is 0 Å². The summed E-state index contributed by atoms with van der Waals surface area (Å²) in [5.74, 6) is 0.310. The van der Waals surface area contributed by atoms with E-state index in [-0.39, 0.29) is 11.7 Å². The summed E-state index contributed by atoms with van der Waals surface area (Å²) >= 11 is 0. The quantitative estimate of drug-likeness (QED) is 0.850. The number of carbonyl (C=O) groups excluding carboxylic acids is 2. The lowest BCUT2D eigenvalue weighted by molar-refractivity contribution is -0.125. The Balaban J connectivity index is 1.68. The lowest BCUT2D eigenvalue weighted by Crippen LogP contribution is -2.28. The predicted octanol–water partition coefficient (Wildman–Crippen LogP) is 3.03. The molecule has 1 atom stereocenters. The van der Waals surface area contributed by atoms with E-state index in [1.807, 2.05) is 24.3 Å². The van der Waals surface area contributed by atoms with Crippen LogP contribution in [0.5, 0.6) is 5.75 Å². The standard InChI is InChI=1S/C19H18N2O4/c1-12(22)13-6-5-7-14(10-13)20-19(23)18-11-16(21-25-18)15-8-3-4-9-17(15)24-2/h3-10,18H,11H2,1-2H3,(H,20,23)/t18-/m0/s1. The average molecular weight is 338 g/mol. The fourth-order valence-electron chi connectivity index (χ4n) is 2.60. The molecule has 0 spiro atoms. The Morgan fingerprint density at radius 1 is 1.20 bits per heavy atom. The lowest BCUT2D eigenvalue weighted by atomic mass is 10.0. The number of hydrogen-bond acceptors (Lipinski definition) is 5. The number of methoxy groups -OCH3 is 1. The first kappa shape index (κ1) is 16.7.